The number of hydrogen-bond acceptors (Lipinski definition) is 5. The van der Waals surface area contributed by atoms with Gasteiger partial charge < -0.3 is 15.4 Å². The third kappa shape index (κ3) is 4.99. The number of aromatic nitrogens is 2. The van der Waals surface area contributed by atoms with E-state index in [4.69, 9.17) is 4.74 Å². The van der Waals surface area contributed by atoms with Crippen molar-refractivity contribution in [2.75, 3.05) is 5.32 Å². The number of carbonyl (C=O) groups excluding carboxylic acids is 1. The molecule has 0 saturated heterocycles. The molecule has 4 aromatic rings. The van der Waals surface area contributed by atoms with Crippen LogP contribution in [0.3, 0.4) is 0 Å². The Morgan fingerprint density at radius 1 is 0.833 bits per heavy atom. The summed E-state index contributed by atoms with van der Waals surface area (Å²) in [6, 6.07) is 26.3. The van der Waals surface area contributed by atoms with E-state index in [9.17, 15) is 4.79 Å². The van der Waals surface area contributed by atoms with Gasteiger partial charge in [-0.15, -0.1) is 0 Å². The van der Waals surface area contributed by atoms with E-state index in [0.717, 1.165) is 22.8 Å². The molecule has 1 amide bonds. The van der Waals surface area contributed by atoms with Gasteiger partial charge in [-0.1, -0.05) is 36.4 Å². The molecule has 0 aliphatic heterocycles. The third-order valence-corrected chi connectivity index (χ3v) is 4.29. The number of hydrogen-bond donors (Lipinski definition) is 2. The van der Waals surface area contributed by atoms with Gasteiger partial charge in [0.1, 0.15) is 11.4 Å². The van der Waals surface area contributed by atoms with Crippen LogP contribution in [0, 0.1) is 0 Å². The van der Waals surface area contributed by atoms with Gasteiger partial charge in [0.15, 0.2) is 5.75 Å². The number of pyridine rings is 2. The minimum absolute atomic E-state index is 0.250. The predicted molar refractivity (Wildman–Crippen MR) is 116 cm³/mol. The highest BCUT2D eigenvalue weighted by Crippen LogP contribution is 2.31. The van der Waals surface area contributed by atoms with Crippen LogP contribution >= 0.6 is 0 Å². The zero-order valence-corrected chi connectivity index (χ0v) is 16.2. The summed E-state index contributed by atoms with van der Waals surface area (Å²) in [5, 5.41) is 6.10. The molecule has 0 aliphatic carbocycles. The summed E-state index contributed by atoms with van der Waals surface area (Å²) >= 11 is 0. The number of nitrogens with zero attached hydrogens (tertiary/aromatic N) is 2. The van der Waals surface area contributed by atoms with E-state index in [1.165, 1.54) is 0 Å². The Kier molecular flexibility index (Phi) is 5.96. The fourth-order valence-electron chi connectivity index (χ4n) is 2.80. The van der Waals surface area contributed by atoms with E-state index in [2.05, 4.69) is 20.6 Å². The molecular weight excluding hydrogens is 376 g/mol. The average Bonchev–Trinajstić information content (AvgIpc) is 2.81. The van der Waals surface area contributed by atoms with Gasteiger partial charge in [0.2, 0.25) is 0 Å². The number of amides is 1. The van der Waals surface area contributed by atoms with Crippen LogP contribution in [0.4, 0.5) is 11.4 Å². The molecule has 4 rings (SSSR count). The monoisotopic (exact) mass is 396 g/mol. The summed E-state index contributed by atoms with van der Waals surface area (Å²) in [7, 11) is 0. The van der Waals surface area contributed by atoms with Gasteiger partial charge in [-0.05, 0) is 48.5 Å². The van der Waals surface area contributed by atoms with Crippen molar-refractivity contribution in [3.63, 3.8) is 0 Å². The quantitative estimate of drug-likeness (QED) is 0.463. The normalized spacial score (nSPS) is 10.3. The molecule has 6 heteroatoms. The van der Waals surface area contributed by atoms with Crippen molar-refractivity contribution >= 4 is 17.3 Å². The minimum atomic E-state index is -0.250. The molecule has 6 nitrogen and oxygen atoms in total. The molecule has 0 aliphatic rings. The van der Waals surface area contributed by atoms with Crippen LogP contribution < -0.4 is 15.4 Å². The highest BCUT2D eigenvalue weighted by atomic mass is 16.5. The van der Waals surface area contributed by atoms with Crippen LogP contribution in [0.1, 0.15) is 16.2 Å². The van der Waals surface area contributed by atoms with Gasteiger partial charge in [0.05, 0.1) is 29.8 Å². The number of rotatable bonds is 7. The molecule has 148 valence electrons. The molecule has 2 aromatic carbocycles. The van der Waals surface area contributed by atoms with E-state index in [0.29, 0.717) is 18.0 Å². The fourth-order valence-corrected chi connectivity index (χ4v) is 2.80. The van der Waals surface area contributed by atoms with E-state index in [-0.39, 0.29) is 5.91 Å². The third-order valence-electron chi connectivity index (χ3n) is 4.29. The van der Waals surface area contributed by atoms with Crippen molar-refractivity contribution in [3.8, 4) is 11.5 Å². The van der Waals surface area contributed by atoms with E-state index < -0.39 is 0 Å². The van der Waals surface area contributed by atoms with Crippen molar-refractivity contribution in [2.24, 2.45) is 0 Å². The van der Waals surface area contributed by atoms with Gasteiger partial charge in [0.25, 0.3) is 5.91 Å². The number of ether oxygens (including phenoxy) is 1. The smallest absolute Gasteiger partial charge is 0.270 e. The number of nitrogens with one attached hydrogen (secondary N) is 2. The Hall–Kier alpha value is -4.19. The van der Waals surface area contributed by atoms with Crippen molar-refractivity contribution in [1.82, 2.24) is 15.3 Å². The largest absolute Gasteiger partial charge is 0.455 e. The van der Waals surface area contributed by atoms with Crippen molar-refractivity contribution in [3.05, 3.63) is 109 Å². The Morgan fingerprint density at radius 3 is 2.40 bits per heavy atom. The van der Waals surface area contributed by atoms with Crippen LogP contribution in [-0.2, 0) is 6.54 Å². The summed E-state index contributed by atoms with van der Waals surface area (Å²) in [5.74, 6) is 1.20. The maximum Gasteiger partial charge on any atom is 0.270 e. The summed E-state index contributed by atoms with van der Waals surface area (Å²) in [6.07, 6.45) is 3.31. The minimum Gasteiger partial charge on any atom is -0.455 e. The zero-order valence-electron chi connectivity index (χ0n) is 16.2. The zero-order chi connectivity index (χ0) is 20.6. The Balaban J connectivity index is 1.41. The number of para-hydroxylation sites is 3. The predicted octanol–water partition coefficient (Wildman–Crippen LogP) is 4.94. The molecule has 0 bridgehead atoms. The first kappa shape index (κ1) is 19.1. The van der Waals surface area contributed by atoms with Crippen molar-refractivity contribution < 1.29 is 9.53 Å². The van der Waals surface area contributed by atoms with Crippen molar-refractivity contribution in [1.29, 1.82) is 0 Å². The molecular formula is C24H20N4O2. The maximum atomic E-state index is 12.3. The molecule has 30 heavy (non-hydrogen) atoms. The van der Waals surface area contributed by atoms with Crippen LogP contribution in [0.15, 0.2) is 97.3 Å². The molecule has 2 heterocycles. The Bertz CT molecular complexity index is 1100. The number of benzene rings is 2. The molecule has 0 unspecified atom stereocenters. The molecule has 0 radical (unpaired) electrons. The Labute approximate surface area is 174 Å². The Morgan fingerprint density at radius 2 is 1.63 bits per heavy atom. The lowest BCUT2D eigenvalue weighted by molar-refractivity contribution is 0.0945. The number of anilines is 2. The SMILES string of the molecule is O=C(NCc1ccccn1)c1ccc(Nc2ccccc2Oc2ccccc2)cn1. The van der Waals surface area contributed by atoms with Gasteiger partial charge in [-0.25, -0.2) is 4.98 Å². The van der Waals surface area contributed by atoms with Gasteiger partial charge >= 0.3 is 0 Å². The first-order valence-electron chi connectivity index (χ1n) is 9.51. The molecule has 0 atom stereocenters. The average molecular weight is 396 g/mol. The number of carbonyl (C=O) groups is 1. The lowest BCUT2D eigenvalue weighted by atomic mass is 10.2. The lowest BCUT2D eigenvalue weighted by Gasteiger charge is -2.13. The summed E-state index contributed by atoms with van der Waals surface area (Å²) < 4.78 is 5.96. The van der Waals surface area contributed by atoms with E-state index in [1.54, 1.807) is 18.5 Å². The van der Waals surface area contributed by atoms with Crippen LogP contribution in [0.25, 0.3) is 0 Å². The highest BCUT2D eigenvalue weighted by molar-refractivity contribution is 5.92. The van der Waals surface area contributed by atoms with E-state index in [1.807, 2.05) is 78.9 Å². The second-order valence-electron chi connectivity index (χ2n) is 6.47. The summed E-state index contributed by atoms with van der Waals surface area (Å²) in [6.45, 7) is 0.353. The first-order chi connectivity index (χ1) is 14.8. The standard InChI is InChI=1S/C24H20N4O2/c29-24(27-16-18-8-6-7-15-25-18)22-14-13-19(17-26-22)28-21-11-4-5-12-23(21)30-20-9-2-1-3-10-20/h1-15,17,28H,16H2,(H,27,29). The van der Waals surface area contributed by atoms with Crippen LogP contribution in [0.2, 0.25) is 0 Å². The molecule has 2 aromatic heterocycles. The van der Waals surface area contributed by atoms with Crippen LogP contribution in [-0.4, -0.2) is 15.9 Å². The molecule has 2 N–H and O–H groups in total. The van der Waals surface area contributed by atoms with Gasteiger partial charge in [-0.2, -0.15) is 0 Å². The highest BCUT2D eigenvalue weighted by Gasteiger charge is 2.09. The van der Waals surface area contributed by atoms with Crippen LogP contribution in [0.5, 0.6) is 11.5 Å². The van der Waals surface area contributed by atoms with Gasteiger partial charge in [-0.3, -0.25) is 9.78 Å². The fraction of sp³-hybridized carbons (Fsp3) is 0.0417. The molecule has 0 fully saturated rings. The second-order valence-corrected chi connectivity index (χ2v) is 6.47. The molecule has 0 spiro atoms. The molecule has 0 saturated carbocycles. The topological polar surface area (TPSA) is 76.1 Å². The maximum absolute atomic E-state index is 12.3. The first-order valence-corrected chi connectivity index (χ1v) is 9.51. The summed E-state index contributed by atoms with van der Waals surface area (Å²) in [4.78, 5) is 20.8. The van der Waals surface area contributed by atoms with Crippen molar-refractivity contribution in [2.45, 2.75) is 6.54 Å². The lowest BCUT2D eigenvalue weighted by Crippen LogP contribution is -2.24. The summed E-state index contributed by atoms with van der Waals surface area (Å²) in [5.41, 5.74) is 2.68. The second kappa shape index (κ2) is 9.34. The van der Waals surface area contributed by atoms with Gasteiger partial charge in [0, 0.05) is 6.20 Å². The van der Waals surface area contributed by atoms with E-state index >= 15 is 0 Å².